The SMILES string of the molecule is Cc1nc(-c2ccc(F)cc2)sc1C(C)NCC(=O)N1CCCC1. The second kappa shape index (κ2) is 7.40. The molecule has 2 aromatic rings. The van der Waals surface area contributed by atoms with E-state index in [0.717, 1.165) is 47.1 Å². The maximum atomic E-state index is 13.1. The number of thiazole rings is 1. The molecular formula is C18H22FN3OS. The Kier molecular flexibility index (Phi) is 5.26. The van der Waals surface area contributed by atoms with E-state index in [9.17, 15) is 9.18 Å². The van der Waals surface area contributed by atoms with Gasteiger partial charge in [-0.05, 0) is 51.0 Å². The van der Waals surface area contributed by atoms with Gasteiger partial charge >= 0.3 is 0 Å². The van der Waals surface area contributed by atoms with E-state index >= 15 is 0 Å². The van der Waals surface area contributed by atoms with Crippen LogP contribution in [-0.4, -0.2) is 35.4 Å². The smallest absolute Gasteiger partial charge is 0.236 e. The van der Waals surface area contributed by atoms with Crippen molar-refractivity contribution in [3.05, 3.63) is 40.7 Å². The molecule has 0 saturated carbocycles. The van der Waals surface area contributed by atoms with Gasteiger partial charge in [0.2, 0.25) is 5.91 Å². The molecule has 1 N–H and O–H groups in total. The van der Waals surface area contributed by atoms with Crippen molar-refractivity contribution in [2.45, 2.75) is 32.7 Å². The Hall–Kier alpha value is -1.79. The minimum atomic E-state index is -0.247. The molecule has 1 saturated heterocycles. The molecule has 4 nitrogen and oxygen atoms in total. The Morgan fingerprint density at radius 2 is 2.00 bits per heavy atom. The molecule has 1 aromatic heterocycles. The van der Waals surface area contributed by atoms with E-state index in [1.165, 1.54) is 12.1 Å². The number of aromatic nitrogens is 1. The molecule has 1 aromatic carbocycles. The summed E-state index contributed by atoms with van der Waals surface area (Å²) >= 11 is 1.59. The Balaban J connectivity index is 1.65. The highest BCUT2D eigenvalue weighted by molar-refractivity contribution is 7.15. The van der Waals surface area contributed by atoms with Crippen molar-refractivity contribution in [3.8, 4) is 10.6 Å². The van der Waals surface area contributed by atoms with Gasteiger partial charge in [-0.15, -0.1) is 11.3 Å². The summed E-state index contributed by atoms with van der Waals surface area (Å²) in [6, 6.07) is 6.44. The van der Waals surface area contributed by atoms with Crippen molar-refractivity contribution in [1.29, 1.82) is 0 Å². The molecule has 1 fully saturated rings. The normalized spacial score (nSPS) is 15.7. The molecule has 1 amide bonds. The maximum absolute atomic E-state index is 13.1. The molecule has 6 heteroatoms. The zero-order chi connectivity index (χ0) is 17.1. The molecule has 0 aliphatic carbocycles. The minimum Gasteiger partial charge on any atom is -0.342 e. The molecule has 3 rings (SSSR count). The van der Waals surface area contributed by atoms with Crippen LogP contribution in [0.15, 0.2) is 24.3 Å². The number of hydrogen-bond donors (Lipinski definition) is 1. The fraction of sp³-hybridized carbons (Fsp3) is 0.444. The summed E-state index contributed by atoms with van der Waals surface area (Å²) in [5.41, 5.74) is 1.86. The van der Waals surface area contributed by atoms with Crippen LogP contribution in [0.3, 0.4) is 0 Å². The molecule has 1 aliphatic heterocycles. The fourth-order valence-corrected chi connectivity index (χ4v) is 4.04. The van der Waals surface area contributed by atoms with Gasteiger partial charge in [-0.1, -0.05) is 0 Å². The van der Waals surface area contributed by atoms with Crippen LogP contribution < -0.4 is 5.32 Å². The van der Waals surface area contributed by atoms with Crippen LogP contribution in [0.4, 0.5) is 4.39 Å². The predicted octanol–water partition coefficient (Wildman–Crippen LogP) is 3.53. The number of carbonyl (C=O) groups is 1. The number of carbonyl (C=O) groups excluding carboxylic acids is 1. The van der Waals surface area contributed by atoms with Gasteiger partial charge in [0.1, 0.15) is 10.8 Å². The molecule has 2 heterocycles. The van der Waals surface area contributed by atoms with Crippen molar-refractivity contribution in [2.75, 3.05) is 19.6 Å². The number of rotatable bonds is 5. The van der Waals surface area contributed by atoms with Crippen molar-refractivity contribution in [3.63, 3.8) is 0 Å². The molecule has 0 bridgehead atoms. The molecule has 1 unspecified atom stereocenters. The first-order valence-electron chi connectivity index (χ1n) is 8.29. The highest BCUT2D eigenvalue weighted by Crippen LogP contribution is 2.31. The monoisotopic (exact) mass is 347 g/mol. The van der Waals surface area contributed by atoms with Crippen LogP contribution >= 0.6 is 11.3 Å². The van der Waals surface area contributed by atoms with Crippen molar-refractivity contribution in [1.82, 2.24) is 15.2 Å². The van der Waals surface area contributed by atoms with E-state index in [4.69, 9.17) is 0 Å². The highest BCUT2D eigenvalue weighted by atomic mass is 32.1. The van der Waals surface area contributed by atoms with Crippen LogP contribution in [0.5, 0.6) is 0 Å². The van der Waals surface area contributed by atoms with Gasteiger partial charge in [0.05, 0.1) is 12.2 Å². The van der Waals surface area contributed by atoms with Gasteiger partial charge in [0.15, 0.2) is 0 Å². The number of benzene rings is 1. The van der Waals surface area contributed by atoms with Gasteiger partial charge in [0.25, 0.3) is 0 Å². The van der Waals surface area contributed by atoms with E-state index in [0.29, 0.717) is 6.54 Å². The summed E-state index contributed by atoms with van der Waals surface area (Å²) in [5.74, 6) is -0.0806. The lowest BCUT2D eigenvalue weighted by Gasteiger charge is -2.18. The van der Waals surface area contributed by atoms with Crippen LogP contribution in [0, 0.1) is 12.7 Å². The number of halogens is 1. The zero-order valence-corrected chi connectivity index (χ0v) is 14.8. The molecule has 24 heavy (non-hydrogen) atoms. The fourth-order valence-electron chi connectivity index (χ4n) is 2.94. The number of amides is 1. The van der Waals surface area contributed by atoms with E-state index < -0.39 is 0 Å². The molecule has 0 radical (unpaired) electrons. The summed E-state index contributed by atoms with van der Waals surface area (Å²) in [5, 5.41) is 4.19. The third-order valence-corrected chi connectivity index (χ3v) is 5.72. The van der Waals surface area contributed by atoms with Crippen LogP contribution in [0.1, 0.15) is 36.4 Å². The highest BCUT2D eigenvalue weighted by Gasteiger charge is 2.20. The topological polar surface area (TPSA) is 45.2 Å². The van der Waals surface area contributed by atoms with E-state index in [1.54, 1.807) is 23.5 Å². The van der Waals surface area contributed by atoms with Gasteiger partial charge in [-0.2, -0.15) is 0 Å². The summed E-state index contributed by atoms with van der Waals surface area (Å²) in [7, 11) is 0. The Morgan fingerprint density at radius 3 is 2.67 bits per heavy atom. The van der Waals surface area contributed by atoms with E-state index in [-0.39, 0.29) is 17.8 Å². The first kappa shape index (κ1) is 17.0. The predicted molar refractivity (Wildman–Crippen MR) is 94.5 cm³/mol. The number of hydrogen-bond acceptors (Lipinski definition) is 4. The van der Waals surface area contributed by atoms with Crippen LogP contribution in [-0.2, 0) is 4.79 Å². The zero-order valence-electron chi connectivity index (χ0n) is 14.0. The lowest BCUT2D eigenvalue weighted by atomic mass is 10.2. The first-order chi connectivity index (χ1) is 11.5. The quantitative estimate of drug-likeness (QED) is 0.900. The maximum Gasteiger partial charge on any atom is 0.236 e. The number of likely N-dealkylation sites (tertiary alicyclic amines) is 1. The Labute approximate surface area is 145 Å². The van der Waals surface area contributed by atoms with Gasteiger partial charge in [-0.3, -0.25) is 4.79 Å². The van der Waals surface area contributed by atoms with Crippen LogP contribution in [0.25, 0.3) is 10.6 Å². The number of nitrogens with zero attached hydrogens (tertiary/aromatic N) is 2. The second-order valence-electron chi connectivity index (χ2n) is 6.17. The largest absolute Gasteiger partial charge is 0.342 e. The third kappa shape index (κ3) is 3.82. The van der Waals surface area contributed by atoms with Crippen LogP contribution in [0.2, 0.25) is 0 Å². The summed E-state index contributed by atoms with van der Waals surface area (Å²) in [6.07, 6.45) is 2.21. The van der Waals surface area contributed by atoms with E-state index in [2.05, 4.69) is 10.3 Å². The molecule has 1 atom stereocenters. The van der Waals surface area contributed by atoms with Gasteiger partial charge in [0, 0.05) is 29.6 Å². The molecule has 1 aliphatic rings. The van der Waals surface area contributed by atoms with Crippen molar-refractivity contribution < 1.29 is 9.18 Å². The summed E-state index contributed by atoms with van der Waals surface area (Å²) < 4.78 is 13.1. The Morgan fingerprint density at radius 1 is 1.33 bits per heavy atom. The van der Waals surface area contributed by atoms with Gasteiger partial charge < -0.3 is 10.2 Å². The van der Waals surface area contributed by atoms with Crippen molar-refractivity contribution in [2.24, 2.45) is 0 Å². The lowest BCUT2D eigenvalue weighted by Crippen LogP contribution is -2.37. The Bertz CT molecular complexity index is 708. The lowest BCUT2D eigenvalue weighted by molar-refractivity contribution is -0.129. The summed E-state index contributed by atoms with van der Waals surface area (Å²) in [6.45, 7) is 6.13. The van der Waals surface area contributed by atoms with Crippen molar-refractivity contribution >= 4 is 17.2 Å². The second-order valence-corrected chi connectivity index (χ2v) is 7.20. The van der Waals surface area contributed by atoms with E-state index in [1.807, 2.05) is 18.7 Å². The number of nitrogens with one attached hydrogen (secondary N) is 1. The average Bonchev–Trinajstić information content (AvgIpc) is 3.23. The third-order valence-electron chi connectivity index (χ3n) is 4.34. The number of aryl methyl sites for hydroxylation is 1. The first-order valence-corrected chi connectivity index (χ1v) is 9.10. The molecule has 0 spiro atoms. The van der Waals surface area contributed by atoms with Gasteiger partial charge in [-0.25, -0.2) is 9.37 Å². The summed E-state index contributed by atoms with van der Waals surface area (Å²) in [4.78, 5) is 19.8. The minimum absolute atomic E-state index is 0.0586. The molecular weight excluding hydrogens is 325 g/mol. The average molecular weight is 347 g/mol. The molecule has 128 valence electrons. The standard InChI is InChI=1S/C18H22FN3OS/c1-12(20-11-16(23)22-9-3-4-10-22)17-13(2)21-18(24-17)14-5-7-15(19)8-6-14/h5-8,12,20H,3-4,9-11H2,1-2H3.